The second-order valence-electron chi connectivity index (χ2n) is 7.32. The van der Waals surface area contributed by atoms with Crippen LogP contribution in [0.5, 0.6) is 0 Å². The lowest BCUT2D eigenvalue weighted by molar-refractivity contribution is -0.884. The molecule has 5 heteroatoms. The zero-order chi connectivity index (χ0) is 17.6. The lowest BCUT2D eigenvalue weighted by Gasteiger charge is -2.26. The molecule has 0 aliphatic carbocycles. The zero-order valence-corrected chi connectivity index (χ0v) is 15.6. The molecule has 0 bridgehead atoms. The van der Waals surface area contributed by atoms with Crippen LogP contribution in [0.4, 0.5) is 0 Å². The van der Waals surface area contributed by atoms with Crippen LogP contribution in [0.25, 0.3) is 0 Å². The molecule has 0 fully saturated rings. The van der Waals surface area contributed by atoms with Gasteiger partial charge in [-0.3, -0.25) is 0 Å². The minimum atomic E-state index is -0.788. The molecule has 0 rings (SSSR count). The number of rotatable bonds is 16. The van der Waals surface area contributed by atoms with E-state index in [-0.39, 0.29) is 6.54 Å². The fraction of sp³-hybridized carbons (Fsp3) is 0.944. The minimum absolute atomic E-state index is 0.108. The van der Waals surface area contributed by atoms with Gasteiger partial charge in [0.05, 0.1) is 27.1 Å². The number of unbranched alkanes of at least 4 members (excludes halogenated alkanes) is 8. The number of carbonyl (C=O) groups is 1. The highest BCUT2D eigenvalue weighted by Crippen LogP contribution is 2.09. The SMILES string of the molecule is CCCCCCCCCCC[N+](=O)CCC[N+](C)(C)CC(=O)O. The summed E-state index contributed by atoms with van der Waals surface area (Å²) in [5.74, 6) is -0.788. The van der Waals surface area contributed by atoms with Gasteiger partial charge in [-0.25, -0.2) is 4.79 Å². The molecule has 0 atom stereocenters. The average Bonchev–Trinajstić information content (AvgIpc) is 2.44. The highest BCUT2D eigenvalue weighted by atomic mass is 16.4. The molecule has 136 valence electrons. The van der Waals surface area contributed by atoms with E-state index in [2.05, 4.69) is 6.92 Å². The van der Waals surface area contributed by atoms with Gasteiger partial charge in [0.2, 0.25) is 0 Å². The monoisotopic (exact) mass is 330 g/mol. The van der Waals surface area contributed by atoms with Crippen molar-refractivity contribution in [2.45, 2.75) is 71.1 Å². The van der Waals surface area contributed by atoms with Crippen LogP contribution >= 0.6 is 0 Å². The van der Waals surface area contributed by atoms with Gasteiger partial charge in [0.15, 0.2) is 19.6 Å². The maximum Gasteiger partial charge on any atom is 0.359 e. The van der Waals surface area contributed by atoms with Crippen LogP contribution in [0.1, 0.15) is 71.1 Å². The molecule has 5 nitrogen and oxygen atoms in total. The summed E-state index contributed by atoms with van der Waals surface area (Å²) in [4.78, 5) is 22.5. The summed E-state index contributed by atoms with van der Waals surface area (Å²) < 4.78 is 1.57. The van der Waals surface area contributed by atoms with Gasteiger partial charge < -0.3 is 9.59 Å². The molecule has 0 radical (unpaired) electrons. The van der Waals surface area contributed by atoms with Crippen LogP contribution in [-0.2, 0) is 4.79 Å². The third-order valence-electron chi connectivity index (χ3n) is 4.25. The Morgan fingerprint density at radius 2 is 1.35 bits per heavy atom. The standard InChI is InChI=1S/C18H37N2O3/c1-4-5-6-7-8-9-10-11-12-14-19(23)15-13-16-20(2,3)17-18(21)22/h4-17H2,1-3H3/q+1/p+1. The maximum atomic E-state index is 11.8. The molecule has 0 spiro atoms. The quantitative estimate of drug-likeness (QED) is 0.266. The molecule has 0 amide bonds. The molecule has 0 aliphatic rings. The van der Waals surface area contributed by atoms with Gasteiger partial charge in [0.25, 0.3) is 0 Å². The van der Waals surface area contributed by atoms with Gasteiger partial charge in [-0.05, 0) is 11.2 Å². The Labute approximate surface area is 142 Å². The summed E-state index contributed by atoms with van der Waals surface area (Å²) in [6.45, 7) is 4.20. The van der Waals surface area contributed by atoms with Crippen LogP contribution < -0.4 is 0 Å². The lowest BCUT2D eigenvalue weighted by Crippen LogP contribution is -2.45. The lowest BCUT2D eigenvalue weighted by atomic mass is 10.1. The van der Waals surface area contributed by atoms with Crippen molar-refractivity contribution in [3.05, 3.63) is 4.91 Å². The highest BCUT2D eigenvalue weighted by molar-refractivity contribution is 5.67. The van der Waals surface area contributed by atoms with Crippen LogP contribution in [0.2, 0.25) is 0 Å². The third-order valence-corrected chi connectivity index (χ3v) is 4.25. The van der Waals surface area contributed by atoms with E-state index < -0.39 is 5.97 Å². The Kier molecular flexibility index (Phi) is 12.9. The maximum absolute atomic E-state index is 11.8. The van der Waals surface area contributed by atoms with E-state index in [0.29, 0.717) is 17.6 Å². The number of carboxylic acids is 1. The molecule has 0 aromatic rings. The Bertz CT molecular complexity index is 330. The van der Waals surface area contributed by atoms with Crippen LogP contribution in [0.3, 0.4) is 0 Å². The average molecular weight is 331 g/mol. The van der Waals surface area contributed by atoms with E-state index in [4.69, 9.17) is 5.11 Å². The number of carboxylic acid groups (broad SMARTS) is 1. The Morgan fingerprint density at radius 3 is 1.87 bits per heavy atom. The van der Waals surface area contributed by atoms with Crippen LogP contribution in [0, 0.1) is 4.91 Å². The van der Waals surface area contributed by atoms with E-state index in [0.717, 1.165) is 30.6 Å². The largest absolute Gasteiger partial charge is 0.477 e. The van der Waals surface area contributed by atoms with Gasteiger partial charge in [-0.1, -0.05) is 51.9 Å². The normalized spacial score (nSPS) is 11.6. The number of quaternary nitrogens is 1. The van der Waals surface area contributed by atoms with Crippen molar-refractivity contribution in [3.8, 4) is 0 Å². The first kappa shape index (κ1) is 22.0. The van der Waals surface area contributed by atoms with Crippen LogP contribution in [0.15, 0.2) is 0 Å². The number of nitroso groups, excluding NO2 is 1. The molecule has 23 heavy (non-hydrogen) atoms. The van der Waals surface area contributed by atoms with Crippen molar-refractivity contribution >= 4 is 5.97 Å². The highest BCUT2D eigenvalue weighted by Gasteiger charge is 2.20. The number of hydrogen-bond acceptors (Lipinski definition) is 2. The van der Waals surface area contributed by atoms with E-state index in [1.807, 2.05) is 14.1 Å². The van der Waals surface area contributed by atoms with E-state index in [9.17, 15) is 9.70 Å². The number of aliphatic carboxylic acids is 1. The summed E-state index contributed by atoms with van der Waals surface area (Å²) in [5.41, 5.74) is 0. The molecular weight excluding hydrogens is 292 g/mol. The molecule has 0 unspecified atom stereocenters. The molecule has 0 saturated heterocycles. The van der Waals surface area contributed by atoms with Crippen molar-refractivity contribution < 1.29 is 19.1 Å². The van der Waals surface area contributed by atoms with Crippen molar-refractivity contribution in [1.29, 1.82) is 0 Å². The van der Waals surface area contributed by atoms with Gasteiger partial charge in [0.1, 0.15) is 0 Å². The van der Waals surface area contributed by atoms with Gasteiger partial charge in [-0.2, -0.15) is 0 Å². The molecular formula is C18H38N2O3+2. The zero-order valence-electron chi connectivity index (χ0n) is 15.6. The first-order valence-electron chi connectivity index (χ1n) is 9.33. The van der Waals surface area contributed by atoms with Crippen molar-refractivity contribution in [3.63, 3.8) is 0 Å². The fourth-order valence-electron chi connectivity index (χ4n) is 2.83. The molecule has 0 aromatic carbocycles. The fourth-order valence-corrected chi connectivity index (χ4v) is 2.83. The topological polar surface area (TPSA) is 57.4 Å². The predicted molar refractivity (Wildman–Crippen MR) is 94.7 cm³/mol. The van der Waals surface area contributed by atoms with Gasteiger partial charge >= 0.3 is 5.97 Å². The Morgan fingerprint density at radius 1 is 0.870 bits per heavy atom. The number of likely N-dealkylation sites (N-methyl/N-ethyl adjacent to an activating group) is 1. The van der Waals surface area contributed by atoms with Crippen molar-refractivity contribution in [2.24, 2.45) is 0 Å². The first-order chi connectivity index (χ1) is 10.9. The summed E-state index contributed by atoms with van der Waals surface area (Å²) >= 11 is 0. The minimum Gasteiger partial charge on any atom is -0.477 e. The van der Waals surface area contributed by atoms with Crippen LogP contribution in [-0.4, -0.2) is 60.6 Å². The second-order valence-corrected chi connectivity index (χ2v) is 7.32. The molecule has 0 heterocycles. The van der Waals surface area contributed by atoms with E-state index in [1.54, 1.807) is 0 Å². The molecule has 0 aliphatic heterocycles. The summed E-state index contributed by atoms with van der Waals surface area (Å²) in [5, 5.41) is 8.82. The smallest absolute Gasteiger partial charge is 0.359 e. The molecule has 1 N–H and O–H groups in total. The summed E-state index contributed by atoms with van der Waals surface area (Å²) in [7, 11) is 3.79. The summed E-state index contributed by atoms with van der Waals surface area (Å²) in [6.07, 6.45) is 12.1. The predicted octanol–water partition coefficient (Wildman–Crippen LogP) is 3.85. The Hall–Kier alpha value is -0.970. The summed E-state index contributed by atoms with van der Waals surface area (Å²) in [6, 6.07) is 0. The number of nitrogens with zero attached hydrogens (tertiary/aromatic N) is 2. The Balaban J connectivity index is 3.45. The second kappa shape index (κ2) is 13.5. The number of hydrogen-bond donors (Lipinski definition) is 1. The molecule has 0 aromatic heterocycles. The third kappa shape index (κ3) is 15.7. The van der Waals surface area contributed by atoms with Crippen molar-refractivity contribution in [1.82, 2.24) is 0 Å². The molecule has 0 saturated carbocycles. The van der Waals surface area contributed by atoms with E-state index in [1.165, 1.54) is 44.9 Å². The van der Waals surface area contributed by atoms with Crippen molar-refractivity contribution in [2.75, 3.05) is 40.3 Å². The van der Waals surface area contributed by atoms with E-state index >= 15 is 0 Å². The van der Waals surface area contributed by atoms with Gasteiger partial charge in [0, 0.05) is 11.3 Å². The first-order valence-corrected chi connectivity index (χ1v) is 9.33. The van der Waals surface area contributed by atoms with Gasteiger partial charge in [-0.15, -0.1) is 0 Å².